The molecule has 0 aromatic carbocycles. The highest BCUT2D eigenvalue weighted by Crippen LogP contribution is 2.43. The molecule has 0 spiro atoms. The van der Waals surface area contributed by atoms with Crippen LogP contribution in [0.4, 0.5) is 0 Å². The van der Waals surface area contributed by atoms with Crippen molar-refractivity contribution < 1.29 is 37.6 Å². The van der Waals surface area contributed by atoms with Crippen LogP contribution in [0.25, 0.3) is 0 Å². The predicted molar refractivity (Wildman–Crippen MR) is 229 cm³/mol. The number of ether oxygens (including phenoxy) is 2. The molecule has 9 nitrogen and oxygen atoms in total. The van der Waals surface area contributed by atoms with E-state index in [1.165, 1.54) is 57.8 Å². The first-order valence-corrected chi connectivity index (χ1v) is 22.6. The van der Waals surface area contributed by atoms with Crippen LogP contribution in [-0.4, -0.2) is 49.3 Å². The second-order valence-electron chi connectivity index (χ2n) is 13.5. The molecule has 1 unspecified atom stereocenters. The molecule has 0 aromatic heterocycles. The van der Waals surface area contributed by atoms with Gasteiger partial charge in [-0.2, -0.15) is 0 Å². The maximum atomic E-state index is 12.5. The molecule has 0 aromatic rings. The lowest BCUT2D eigenvalue weighted by molar-refractivity contribution is -0.161. The summed E-state index contributed by atoms with van der Waals surface area (Å²) in [5, 5.41) is 0. The number of phosphoric ester groups is 1. The zero-order valence-electron chi connectivity index (χ0n) is 34.4. The average Bonchev–Trinajstić information content (AvgIpc) is 3.17. The zero-order valence-corrected chi connectivity index (χ0v) is 35.3. The van der Waals surface area contributed by atoms with Crippen LogP contribution < -0.4 is 5.73 Å². The van der Waals surface area contributed by atoms with Crippen molar-refractivity contribution in [1.82, 2.24) is 0 Å². The van der Waals surface area contributed by atoms with Crippen molar-refractivity contribution in [1.29, 1.82) is 0 Å². The van der Waals surface area contributed by atoms with Gasteiger partial charge in [0.25, 0.3) is 0 Å². The summed E-state index contributed by atoms with van der Waals surface area (Å²) in [6.07, 6.45) is 50.6. The third-order valence-electron chi connectivity index (χ3n) is 8.25. The number of phosphoric acid groups is 1. The van der Waals surface area contributed by atoms with Crippen molar-refractivity contribution in [2.24, 2.45) is 5.73 Å². The van der Waals surface area contributed by atoms with Crippen LogP contribution in [0.3, 0.4) is 0 Å². The lowest BCUT2D eigenvalue weighted by Gasteiger charge is -2.19. The van der Waals surface area contributed by atoms with E-state index in [0.29, 0.717) is 19.3 Å². The number of carbonyl (C=O) groups excluding carboxylic acids is 2. The molecule has 0 saturated heterocycles. The number of esters is 2. The van der Waals surface area contributed by atoms with Crippen LogP contribution >= 0.6 is 7.82 Å². The molecule has 0 fully saturated rings. The van der Waals surface area contributed by atoms with E-state index in [-0.39, 0.29) is 32.6 Å². The van der Waals surface area contributed by atoms with Gasteiger partial charge in [0, 0.05) is 19.4 Å². The maximum absolute atomic E-state index is 12.5. The summed E-state index contributed by atoms with van der Waals surface area (Å²) in [6, 6.07) is 0. The summed E-state index contributed by atoms with van der Waals surface area (Å²) >= 11 is 0. The summed E-state index contributed by atoms with van der Waals surface area (Å²) in [7, 11) is -4.41. The lowest BCUT2D eigenvalue weighted by atomic mass is 10.1. The maximum Gasteiger partial charge on any atom is 0.472 e. The Morgan fingerprint density at radius 1 is 0.545 bits per heavy atom. The quantitative estimate of drug-likeness (QED) is 0.0271. The van der Waals surface area contributed by atoms with E-state index in [2.05, 4.69) is 86.8 Å². The van der Waals surface area contributed by atoms with Crippen LogP contribution in [-0.2, 0) is 32.7 Å². The number of carbonyl (C=O) groups is 2. The number of rotatable bonds is 38. The van der Waals surface area contributed by atoms with Gasteiger partial charge in [-0.15, -0.1) is 0 Å². The van der Waals surface area contributed by atoms with Gasteiger partial charge in [0.1, 0.15) is 6.61 Å². The Balaban J connectivity index is 4.38. The number of nitrogens with two attached hydrogens (primary N) is 1. The predicted octanol–water partition coefficient (Wildman–Crippen LogP) is 12.0. The number of unbranched alkanes of at least 4 members (excludes halogenated alkanes) is 11. The van der Waals surface area contributed by atoms with Gasteiger partial charge in [0.05, 0.1) is 13.2 Å². The molecule has 314 valence electrons. The summed E-state index contributed by atoms with van der Waals surface area (Å²) in [4.78, 5) is 34.8. The summed E-state index contributed by atoms with van der Waals surface area (Å²) in [6.45, 7) is 3.55. The van der Waals surface area contributed by atoms with Gasteiger partial charge in [-0.1, -0.05) is 144 Å². The fourth-order valence-corrected chi connectivity index (χ4v) is 5.88. The van der Waals surface area contributed by atoms with E-state index in [1.807, 2.05) is 12.2 Å². The number of hydrogen-bond donors (Lipinski definition) is 2. The topological polar surface area (TPSA) is 134 Å². The van der Waals surface area contributed by atoms with Crippen LogP contribution in [0.2, 0.25) is 0 Å². The number of allylic oxidation sites excluding steroid dienone is 14. The monoisotopic (exact) mass is 790 g/mol. The zero-order chi connectivity index (χ0) is 40.3. The van der Waals surface area contributed by atoms with Gasteiger partial charge < -0.3 is 20.1 Å². The second kappa shape index (κ2) is 40.8. The Hall–Kier alpha value is -2.81. The Morgan fingerprint density at radius 2 is 0.945 bits per heavy atom. The molecule has 55 heavy (non-hydrogen) atoms. The van der Waals surface area contributed by atoms with Gasteiger partial charge in [-0.25, -0.2) is 4.57 Å². The molecule has 0 amide bonds. The molecule has 0 heterocycles. The molecule has 0 aliphatic rings. The van der Waals surface area contributed by atoms with Crippen LogP contribution in [0.15, 0.2) is 85.1 Å². The van der Waals surface area contributed by atoms with Crippen molar-refractivity contribution in [2.45, 2.75) is 161 Å². The third-order valence-corrected chi connectivity index (χ3v) is 9.24. The molecule has 0 aliphatic heterocycles. The Kier molecular flexibility index (Phi) is 38.8. The van der Waals surface area contributed by atoms with Crippen molar-refractivity contribution in [3.05, 3.63) is 85.1 Å². The smallest absolute Gasteiger partial charge is 0.462 e. The van der Waals surface area contributed by atoms with E-state index in [9.17, 15) is 19.0 Å². The largest absolute Gasteiger partial charge is 0.472 e. The van der Waals surface area contributed by atoms with E-state index < -0.39 is 32.5 Å². The van der Waals surface area contributed by atoms with Gasteiger partial charge in [0.2, 0.25) is 0 Å². The first-order valence-electron chi connectivity index (χ1n) is 21.1. The van der Waals surface area contributed by atoms with Crippen LogP contribution in [0.1, 0.15) is 155 Å². The fourth-order valence-electron chi connectivity index (χ4n) is 5.11. The van der Waals surface area contributed by atoms with Crippen molar-refractivity contribution in [3.8, 4) is 0 Å². The average molecular weight is 790 g/mol. The number of hydrogen-bond acceptors (Lipinski definition) is 8. The first kappa shape index (κ1) is 52.2. The molecular formula is C45H76NO8P. The van der Waals surface area contributed by atoms with E-state index in [4.69, 9.17) is 24.3 Å². The highest BCUT2D eigenvalue weighted by Gasteiger charge is 2.25. The lowest BCUT2D eigenvalue weighted by Crippen LogP contribution is -2.29. The SMILES string of the molecule is CCCCC/C=C\C/C=C\C/C=C\C/C=C\CCCC(=O)O[C@H](COC(=O)CCC/C=C\C/C=C\C/C=C\CCCCCCCC)COP(=O)(O)OCCN. The van der Waals surface area contributed by atoms with Gasteiger partial charge in [-0.3, -0.25) is 18.6 Å². The summed E-state index contributed by atoms with van der Waals surface area (Å²) in [5.74, 6) is -0.964. The normalized spacial score (nSPS) is 14.2. The fraction of sp³-hybridized carbons (Fsp3) is 0.644. The van der Waals surface area contributed by atoms with Gasteiger partial charge in [-0.05, 0) is 83.5 Å². The minimum atomic E-state index is -4.41. The highest BCUT2D eigenvalue weighted by molar-refractivity contribution is 7.47. The standard InChI is InChI=1S/C45H76NO8P/c1-3-5-7-9-11-13-15-17-19-21-23-25-27-29-31-33-35-37-44(47)51-41-43(42-53-55(49,50)52-40-39-46)54-45(48)38-36-34-32-30-28-26-24-22-20-18-16-14-12-10-8-6-4-2/h12,14,17-20,23-26,29-32,43H,3-11,13,15-16,21-22,27-28,33-42,46H2,1-2H3,(H,49,50)/b14-12-,19-17-,20-18-,25-23-,26-24-,31-29-,32-30-/t43-/m1/s1. The molecule has 10 heteroatoms. The summed E-state index contributed by atoms with van der Waals surface area (Å²) in [5.41, 5.74) is 5.33. The Morgan fingerprint density at radius 3 is 1.44 bits per heavy atom. The Labute approximate surface area is 334 Å². The first-order chi connectivity index (χ1) is 26.8. The minimum Gasteiger partial charge on any atom is -0.462 e. The molecular weight excluding hydrogens is 713 g/mol. The van der Waals surface area contributed by atoms with Gasteiger partial charge >= 0.3 is 19.8 Å². The molecule has 3 N–H and O–H groups in total. The molecule has 0 radical (unpaired) electrons. The minimum absolute atomic E-state index is 0.0340. The highest BCUT2D eigenvalue weighted by atomic mass is 31.2. The van der Waals surface area contributed by atoms with Crippen molar-refractivity contribution in [2.75, 3.05) is 26.4 Å². The van der Waals surface area contributed by atoms with E-state index in [0.717, 1.165) is 51.4 Å². The third kappa shape index (κ3) is 40.7. The molecule has 0 rings (SSSR count). The molecule has 2 atom stereocenters. The Bertz CT molecular complexity index is 1170. The summed E-state index contributed by atoms with van der Waals surface area (Å²) < 4.78 is 32.6. The molecule has 0 aliphatic carbocycles. The van der Waals surface area contributed by atoms with E-state index >= 15 is 0 Å². The molecule has 0 bridgehead atoms. The van der Waals surface area contributed by atoms with E-state index in [1.54, 1.807) is 0 Å². The molecule has 0 saturated carbocycles. The van der Waals surface area contributed by atoms with Crippen molar-refractivity contribution in [3.63, 3.8) is 0 Å². The van der Waals surface area contributed by atoms with Crippen molar-refractivity contribution >= 4 is 19.8 Å². The van der Waals surface area contributed by atoms with Crippen LogP contribution in [0.5, 0.6) is 0 Å². The second-order valence-corrected chi connectivity index (χ2v) is 14.9. The van der Waals surface area contributed by atoms with Crippen LogP contribution in [0, 0.1) is 0 Å². The van der Waals surface area contributed by atoms with Gasteiger partial charge in [0.15, 0.2) is 6.10 Å².